The van der Waals surface area contributed by atoms with Crippen molar-refractivity contribution in [3.63, 3.8) is 0 Å². The summed E-state index contributed by atoms with van der Waals surface area (Å²) in [5.41, 5.74) is 0.233. The van der Waals surface area contributed by atoms with Crippen LogP contribution in [0.1, 0.15) is 36.0 Å². The number of carboxylic acid groups (broad SMARTS) is 1. The molecule has 2 aliphatic heterocycles. The van der Waals surface area contributed by atoms with E-state index in [9.17, 15) is 4.79 Å². The van der Waals surface area contributed by atoms with Gasteiger partial charge in [0.25, 0.3) is 0 Å². The lowest BCUT2D eigenvalue weighted by Crippen LogP contribution is -2.42. The molecule has 2 aliphatic rings. The van der Waals surface area contributed by atoms with E-state index in [4.69, 9.17) is 5.11 Å². The van der Waals surface area contributed by atoms with Gasteiger partial charge in [0.15, 0.2) is 0 Å². The third-order valence-corrected chi connectivity index (χ3v) is 4.18. The summed E-state index contributed by atoms with van der Waals surface area (Å²) in [4.78, 5) is 17.5. The van der Waals surface area contributed by atoms with Crippen LogP contribution in [0.3, 0.4) is 0 Å². The summed E-state index contributed by atoms with van der Waals surface area (Å²) in [5.74, 6) is -0.153. The molecule has 3 rings (SSSR count). The van der Waals surface area contributed by atoms with Crippen LogP contribution >= 0.6 is 0 Å². The summed E-state index contributed by atoms with van der Waals surface area (Å²) in [6.07, 6.45) is 6.35. The maximum absolute atomic E-state index is 10.8. The lowest BCUT2D eigenvalue weighted by molar-refractivity contribution is 0.0696. The van der Waals surface area contributed by atoms with E-state index in [0.29, 0.717) is 6.04 Å². The molecule has 0 saturated carbocycles. The maximum atomic E-state index is 10.8. The Morgan fingerprint density at radius 1 is 1.37 bits per heavy atom. The van der Waals surface area contributed by atoms with Gasteiger partial charge in [-0.2, -0.15) is 0 Å². The molecule has 19 heavy (non-hydrogen) atoms. The van der Waals surface area contributed by atoms with Crippen LogP contribution in [-0.2, 0) is 0 Å². The maximum Gasteiger partial charge on any atom is 0.337 e. The Morgan fingerprint density at radius 2 is 2.26 bits per heavy atom. The zero-order valence-electron chi connectivity index (χ0n) is 10.9. The van der Waals surface area contributed by atoms with E-state index in [1.807, 2.05) is 0 Å². The second kappa shape index (κ2) is 5.17. The summed E-state index contributed by atoms with van der Waals surface area (Å²) in [7, 11) is 0. The highest BCUT2D eigenvalue weighted by Gasteiger charge is 2.31. The molecule has 1 aromatic heterocycles. The van der Waals surface area contributed by atoms with E-state index in [1.54, 1.807) is 12.1 Å². The second-order valence-corrected chi connectivity index (χ2v) is 5.43. The van der Waals surface area contributed by atoms with Gasteiger partial charge in [0.2, 0.25) is 0 Å². The highest BCUT2D eigenvalue weighted by molar-refractivity contribution is 5.87. The van der Waals surface area contributed by atoms with Crippen LogP contribution < -0.4 is 5.32 Å². The summed E-state index contributed by atoms with van der Waals surface area (Å²) in [6.45, 7) is 2.42. The van der Waals surface area contributed by atoms with Crippen molar-refractivity contribution < 1.29 is 9.90 Å². The van der Waals surface area contributed by atoms with Gasteiger partial charge < -0.3 is 15.3 Å². The van der Waals surface area contributed by atoms with Gasteiger partial charge in [0.1, 0.15) is 5.82 Å². The number of rotatable bonds is 3. The standard InChI is InChI=1S/C14H19N3O2/c18-14(19)10-3-4-13(15-9-10)16-11-5-7-17-6-1-2-12(17)8-11/h3-4,9,11-12H,1-2,5-8H2,(H,15,16)(H,18,19). The number of nitrogens with one attached hydrogen (secondary N) is 1. The monoisotopic (exact) mass is 261 g/mol. The zero-order valence-corrected chi connectivity index (χ0v) is 10.9. The van der Waals surface area contributed by atoms with Gasteiger partial charge in [-0.1, -0.05) is 0 Å². The van der Waals surface area contributed by atoms with Crippen LogP contribution in [0.15, 0.2) is 18.3 Å². The quantitative estimate of drug-likeness (QED) is 0.869. The molecule has 0 amide bonds. The molecule has 3 heterocycles. The number of fused-ring (bicyclic) bond motifs is 1. The first-order valence-corrected chi connectivity index (χ1v) is 6.92. The van der Waals surface area contributed by atoms with Crippen molar-refractivity contribution in [3.05, 3.63) is 23.9 Å². The minimum Gasteiger partial charge on any atom is -0.478 e. The second-order valence-electron chi connectivity index (χ2n) is 5.43. The third-order valence-electron chi connectivity index (χ3n) is 4.18. The predicted octanol–water partition coefficient (Wildman–Crippen LogP) is 1.82. The van der Waals surface area contributed by atoms with E-state index in [0.717, 1.165) is 24.8 Å². The minimum atomic E-state index is -0.932. The predicted molar refractivity (Wildman–Crippen MR) is 72.4 cm³/mol. The zero-order chi connectivity index (χ0) is 13.2. The average Bonchev–Trinajstić information content (AvgIpc) is 2.87. The van der Waals surface area contributed by atoms with Crippen LogP contribution in [0.25, 0.3) is 0 Å². The van der Waals surface area contributed by atoms with E-state index in [2.05, 4.69) is 15.2 Å². The van der Waals surface area contributed by atoms with E-state index < -0.39 is 5.97 Å². The molecule has 2 atom stereocenters. The number of aromatic nitrogens is 1. The third kappa shape index (κ3) is 2.71. The first kappa shape index (κ1) is 12.4. The van der Waals surface area contributed by atoms with E-state index in [1.165, 1.54) is 32.0 Å². The summed E-state index contributed by atoms with van der Waals surface area (Å²) >= 11 is 0. The van der Waals surface area contributed by atoms with Gasteiger partial charge in [0.05, 0.1) is 5.56 Å². The molecule has 0 bridgehead atoms. The van der Waals surface area contributed by atoms with Gasteiger partial charge in [-0.3, -0.25) is 0 Å². The summed E-state index contributed by atoms with van der Waals surface area (Å²) in [5, 5.41) is 12.3. The lowest BCUT2D eigenvalue weighted by Gasteiger charge is -2.35. The SMILES string of the molecule is O=C(O)c1ccc(NC2CCN3CCCC3C2)nc1. The number of carbonyl (C=O) groups is 1. The number of piperidine rings is 1. The molecular weight excluding hydrogens is 242 g/mol. The average molecular weight is 261 g/mol. The Hall–Kier alpha value is -1.62. The number of nitrogens with zero attached hydrogens (tertiary/aromatic N) is 2. The van der Waals surface area contributed by atoms with Crippen LogP contribution in [0, 0.1) is 0 Å². The molecule has 1 aromatic rings. The fourth-order valence-electron chi connectivity index (χ4n) is 3.17. The molecule has 0 aliphatic carbocycles. The largest absolute Gasteiger partial charge is 0.478 e. The smallest absolute Gasteiger partial charge is 0.337 e. The number of hydrogen-bond donors (Lipinski definition) is 2. The topological polar surface area (TPSA) is 65.5 Å². The van der Waals surface area contributed by atoms with E-state index >= 15 is 0 Å². The van der Waals surface area contributed by atoms with Crippen molar-refractivity contribution in [2.75, 3.05) is 18.4 Å². The molecule has 102 valence electrons. The van der Waals surface area contributed by atoms with Crippen molar-refractivity contribution in [2.24, 2.45) is 0 Å². The minimum absolute atomic E-state index is 0.233. The molecule has 2 N–H and O–H groups in total. The van der Waals surface area contributed by atoms with Gasteiger partial charge in [-0.25, -0.2) is 9.78 Å². The Morgan fingerprint density at radius 3 is 3.00 bits per heavy atom. The van der Waals surface area contributed by atoms with Crippen molar-refractivity contribution in [1.29, 1.82) is 0 Å². The molecular formula is C14H19N3O2. The summed E-state index contributed by atoms with van der Waals surface area (Å²) < 4.78 is 0. The normalized spacial score (nSPS) is 26.9. The Bertz CT molecular complexity index is 460. The molecule has 0 radical (unpaired) electrons. The molecule has 0 aromatic carbocycles. The van der Waals surface area contributed by atoms with E-state index in [-0.39, 0.29) is 5.56 Å². The van der Waals surface area contributed by atoms with Gasteiger partial charge in [-0.05, 0) is 44.4 Å². The summed E-state index contributed by atoms with van der Waals surface area (Å²) in [6, 6.07) is 4.54. The van der Waals surface area contributed by atoms with Crippen LogP contribution in [-0.4, -0.2) is 46.1 Å². The molecule has 5 nitrogen and oxygen atoms in total. The Kier molecular flexibility index (Phi) is 3.38. The number of pyridine rings is 1. The first-order valence-electron chi connectivity index (χ1n) is 6.92. The van der Waals surface area contributed by atoms with Crippen molar-refractivity contribution >= 4 is 11.8 Å². The van der Waals surface area contributed by atoms with Crippen LogP contribution in [0.2, 0.25) is 0 Å². The molecule has 2 saturated heterocycles. The number of anilines is 1. The Labute approximate surface area is 112 Å². The first-order chi connectivity index (χ1) is 9.22. The van der Waals surface area contributed by atoms with Crippen molar-refractivity contribution in [2.45, 2.75) is 37.8 Å². The van der Waals surface area contributed by atoms with Crippen molar-refractivity contribution in [1.82, 2.24) is 9.88 Å². The number of hydrogen-bond acceptors (Lipinski definition) is 4. The fourth-order valence-corrected chi connectivity index (χ4v) is 3.17. The van der Waals surface area contributed by atoms with Gasteiger partial charge in [-0.15, -0.1) is 0 Å². The van der Waals surface area contributed by atoms with Crippen LogP contribution in [0.5, 0.6) is 0 Å². The number of aromatic carboxylic acids is 1. The highest BCUT2D eigenvalue weighted by atomic mass is 16.4. The molecule has 2 fully saturated rings. The molecule has 2 unspecified atom stereocenters. The highest BCUT2D eigenvalue weighted by Crippen LogP contribution is 2.28. The Balaban J connectivity index is 1.60. The van der Waals surface area contributed by atoms with Crippen LogP contribution in [0.4, 0.5) is 5.82 Å². The van der Waals surface area contributed by atoms with Gasteiger partial charge >= 0.3 is 5.97 Å². The molecule has 0 spiro atoms. The van der Waals surface area contributed by atoms with Gasteiger partial charge in [0, 0.05) is 24.8 Å². The lowest BCUT2D eigenvalue weighted by atomic mass is 9.97. The number of carboxylic acids is 1. The molecule has 5 heteroatoms. The fraction of sp³-hybridized carbons (Fsp3) is 0.571. The van der Waals surface area contributed by atoms with Crippen molar-refractivity contribution in [3.8, 4) is 0 Å².